The lowest BCUT2D eigenvalue weighted by atomic mass is 10.3. The molecule has 5 nitrogen and oxygen atoms in total. The van der Waals surface area contributed by atoms with Crippen LogP contribution in [-0.2, 0) is 6.61 Å². The van der Waals surface area contributed by atoms with E-state index < -0.39 is 24.9 Å². The van der Waals surface area contributed by atoms with Crippen molar-refractivity contribution in [1.29, 1.82) is 0 Å². The van der Waals surface area contributed by atoms with Crippen molar-refractivity contribution < 1.29 is 27.1 Å². The van der Waals surface area contributed by atoms with Gasteiger partial charge in [-0.1, -0.05) is 0 Å². The van der Waals surface area contributed by atoms with E-state index >= 15 is 0 Å². The molecule has 0 saturated heterocycles. The summed E-state index contributed by atoms with van der Waals surface area (Å²) in [6, 6.07) is 8.21. The number of amides is 1. The Balaban J connectivity index is 1.87. The van der Waals surface area contributed by atoms with Crippen LogP contribution in [0.4, 0.5) is 13.2 Å². The highest BCUT2D eigenvalue weighted by molar-refractivity contribution is 5.91. The van der Waals surface area contributed by atoms with Crippen LogP contribution in [0.15, 0.2) is 40.8 Å². The summed E-state index contributed by atoms with van der Waals surface area (Å²) < 4.78 is 49.2. The monoisotopic (exact) mass is 328 g/mol. The van der Waals surface area contributed by atoms with E-state index in [9.17, 15) is 18.0 Å². The molecule has 2 rings (SSSR count). The molecule has 0 unspecified atom stereocenters. The number of carbonyl (C=O) groups excluding carboxylic acids is 1. The molecule has 1 aromatic heterocycles. The highest BCUT2D eigenvalue weighted by Gasteiger charge is 2.27. The third-order valence-electron chi connectivity index (χ3n) is 2.89. The summed E-state index contributed by atoms with van der Waals surface area (Å²) in [5, 5.41) is 2.04. The van der Waals surface area contributed by atoms with Crippen LogP contribution >= 0.6 is 0 Å². The summed E-state index contributed by atoms with van der Waals surface area (Å²) >= 11 is 0. The van der Waals surface area contributed by atoms with Gasteiger partial charge in [0.15, 0.2) is 5.76 Å². The van der Waals surface area contributed by atoms with Crippen LogP contribution in [0, 0.1) is 5.82 Å². The van der Waals surface area contributed by atoms with E-state index in [1.165, 1.54) is 36.4 Å². The first-order valence-electron chi connectivity index (χ1n) is 6.73. The van der Waals surface area contributed by atoms with E-state index in [0.29, 0.717) is 11.5 Å². The van der Waals surface area contributed by atoms with Crippen LogP contribution in [0.25, 0.3) is 0 Å². The molecule has 1 aromatic carbocycles. The number of hydrogen-bond donors (Lipinski definition) is 2. The molecule has 0 aliphatic carbocycles. The van der Waals surface area contributed by atoms with Gasteiger partial charge in [-0.05, 0) is 36.4 Å². The van der Waals surface area contributed by atoms with Crippen molar-refractivity contribution in [1.82, 2.24) is 5.32 Å². The minimum atomic E-state index is -3.17. The number of ether oxygens (including phenoxy) is 1. The maximum absolute atomic E-state index is 13.0. The summed E-state index contributed by atoms with van der Waals surface area (Å²) in [7, 11) is 0. The van der Waals surface area contributed by atoms with Gasteiger partial charge in [-0.15, -0.1) is 0 Å². The van der Waals surface area contributed by atoms with E-state index in [4.69, 9.17) is 14.9 Å². The maximum Gasteiger partial charge on any atom is 0.287 e. The highest BCUT2D eigenvalue weighted by atomic mass is 19.3. The molecule has 8 heteroatoms. The molecule has 0 bridgehead atoms. The van der Waals surface area contributed by atoms with E-state index in [-0.39, 0.29) is 18.2 Å². The zero-order valence-corrected chi connectivity index (χ0v) is 12.0. The second-order valence-corrected chi connectivity index (χ2v) is 4.75. The molecule has 0 fully saturated rings. The predicted octanol–water partition coefficient (Wildman–Crippen LogP) is 2.32. The molecule has 1 heterocycles. The minimum absolute atomic E-state index is 0.0118. The number of furan rings is 1. The standard InChI is InChI=1S/C15H15F3N2O3/c16-10-1-3-11(4-2-10)22-7-12-5-6-13(23-12)14(21)20-9-15(17,18)8-19/h1-6H,7-9,19H2,(H,20,21). The molecular formula is C15H15F3N2O3. The molecule has 0 radical (unpaired) electrons. The molecule has 0 spiro atoms. The van der Waals surface area contributed by atoms with Gasteiger partial charge >= 0.3 is 0 Å². The largest absolute Gasteiger partial charge is 0.486 e. The number of halogens is 3. The van der Waals surface area contributed by atoms with Gasteiger partial charge in [0.25, 0.3) is 11.8 Å². The average Bonchev–Trinajstić information content (AvgIpc) is 3.01. The molecule has 3 N–H and O–H groups in total. The maximum atomic E-state index is 13.0. The Morgan fingerprint density at radius 1 is 1.22 bits per heavy atom. The minimum Gasteiger partial charge on any atom is -0.486 e. The summed E-state index contributed by atoms with van der Waals surface area (Å²) in [6.07, 6.45) is 0. The molecule has 0 atom stereocenters. The summed E-state index contributed by atoms with van der Waals surface area (Å²) in [6.45, 7) is -1.72. The van der Waals surface area contributed by atoms with E-state index in [1.807, 2.05) is 5.32 Å². The van der Waals surface area contributed by atoms with Crippen molar-refractivity contribution in [2.45, 2.75) is 12.5 Å². The third kappa shape index (κ3) is 5.03. The SMILES string of the molecule is NCC(F)(F)CNC(=O)c1ccc(COc2ccc(F)cc2)o1. The fourth-order valence-corrected chi connectivity index (χ4v) is 1.63. The first-order valence-corrected chi connectivity index (χ1v) is 6.73. The Labute approximate surface area is 130 Å². The number of rotatable bonds is 7. The predicted molar refractivity (Wildman–Crippen MR) is 75.8 cm³/mol. The van der Waals surface area contributed by atoms with Gasteiger partial charge in [-0.3, -0.25) is 4.79 Å². The zero-order chi connectivity index (χ0) is 16.9. The van der Waals surface area contributed by atoms with Gasteiger partial charge in [-0.25, -0.2) is 13.2 Å². The Bertz CT molecular complexity index is 656. The van der Waals surface area contributed by atoms with Crippen LogP contribution in [-0.4, -0.2) is 24.9 Å². The number of nitrogens with two attached hydrogens (primary N) is 1. The van der Waals surface area contributed by atoms with Crippen molar-refractivity contribution >= 4 is 5.91 Å². The third-order valence-corrected chi connectivity index (χ3v) is 2.89. The van der Waals surface area contributed by atoms with Crippen LogP contribution in [0.1, 0.15) is 16.3 Å². The van der Waals surface area contributed by atoms with Crippen molar-refractivity contribution in [2.24, 2.45) is 5.73 Å². The van der Waals surface area contributed by atoms with E-state index in [0.717, 1.165) is 0 Å². The van der Waals surface area contributed by atoms with Gasteiger partial charge in [0.05, 0.1) is 13.1 Å². The molecule has 124 valence electrons. The van der Waals surface area contributed by atoms with Gasteiger partial charge in [0, 0.05) is 0 Å². The fourth-order valence-electron chi connectivity index (χ4n) is 1.63. The van der Waals surface area contributed by atoms with E-state index in [2.05, 4.69) is 0 Å². The van der Waals surface area contributed by atoms with Gasteiger partial charge in [0.1, 0.15) is 23.9 Å². The van der Waals surface area contributed by atoms with Crippen LogP contribution in [0.2, 0.25) is 0 Å². The topological polar surface area (TPSA) is 77.5 Å². The van der Waals surface area contributed by atoms with Gasteiger partial charge in [0.2, 0.25) is 0 Å². The highest BCUT2D eigenvalue weighted by Crippen LogP contribution is 2.15. The smallest absolute Gasteiger partial charge is 0.287 e. The molecule has 0 saturated carbocycles. The number of hydrogen-bond acceptors (Lipinski definition) is 4. The van der Waals surface area contributed by atoms with Crippen molar-refractivity contribution in [2.75, 3.05) is 13.1 Å². The number of carbonyl (C=O) groups is 1. The Kier molecular flexibility index (Phi) is 5.28. The average molecular weight is 328 g/mol. The first kappa shape index (κ1) is 16.9. The van der Waals surface area contributed by atoms with Crippen molar-refractivity contribution in [3.63, 3.8) is 0 Å². The van der Waals surface area contributed by atoms with Gasteiger partial charge < -0.3 is 20.2 Å². The quantitative estimate of drug-likeness (QED) is 0.818. The van der Waals surface area contributed by atoms with Crippen molar-refractivity contribution in [3.8, 4) is 5.75 Å². The lowest BCUT2D eigenvalue weighted by Gasteiger charge is -2.13. The second kappa shape index (κ2) is 7.19. The second-order valence-electron chi connectivity index (χ2n) is 4.75. The molecular weight excluding hydrogens is 313 g/mol. The Morgan fingerprint density at radius 2 is 1.91 bits per heavy atom. The molecule has 0 aliphatic heterocycles. The molecule has 0 aliphatic rings. The first-order chi connectivity index (χ1) is 10.9. The van der Waals surface area contributed by atoms with Gasteiger partial charge in [-0.2, -0.15) is 0 Å². The lowest BCUT2D eigenvalue weighted by molar-refractivity contribution is 0.0115. The Hall–Kier alpha value is -2.48. The van der Waals surface area contributed by atoms with Crippen LogP contribution in [0.5, 0.6) is 5.75 Å². The van der Waals surface area contributed by atoms with Crippen molar-refractivity contribution in [3.05, 3.63) is 53.7 Å². The summed E-state index contributed by atoms with van der Waals surface area (Å²) in [4.78, 5) is 11.7. The van der Waals surface area contributed by atoms with Crippen LogP contribution < -0.4 is 15.8 Å². The number of alkyl halides is 2. The normalized spacial score (nSPS) is 11.3. The molecule has 2 aromatic rings. The molecule has 1 amide bonds. The van der Waals surface area contributed by atoms with Crippen LogP contribution in [0.3, 0.4) is 0 Å². The fraction of sp³-hybridized carbons (Fsp3) is 0.267. The lowest BCUT2D eigenvalue weighted by Crippen LogP contribution is -2.41. The Morgan fingerprint density at radius 3 is 2.57 bits per heavy atom. The number of benzene rings is 1. The summed E-state index contributed by atoms with van der Waals surface area (Å²) in [5.74, 6) is -3.69. The van der Waals surface area contributed by atoms with E-state index in [1.54, 1.807) is 0 Å². The zero-order valence-electron chi connectivity index (χ0n) is 12.0. The summed E-state index contributed by atoms with van der Waals surface area (Å²) in [5.41, 5.74) is 4.87. The number of nitrogens with one attached hydrogen (secondary N) is 1. The molecule has 23 heavy (non-hydrogen) atoms.